The first-order valence-corrected chi connectivity index (χ1v) is 11.1. The lowest BCUT2D eigenvalue weighted by Gasteiger charge is -2.23. The predicted molar refractivity (Wildman–Crippen MR) is 146 cm³/mol. The summed E-state index contributed by atoms with van der Waals surface area (Å²) in [6, 6.07) is 18.5. The van der Waals surface area contributed by atoms with Gasteiger partial charge in [0.25, 0.3) is 0 Å². The van der Waals surface area contributed by atoms with Crippen molar-refractivity contribution in [1.29, 1.82) is 0 Å². The molecule has 2 aromatic carbocycles. The Morgan fingerprint density at radius 3 is 2.73 bits per heavy atom. The van der Waals surface area contributed by atoms with Crippen molar-refractivity contribution in [3.63, 3.8) is 0 Å². The number of nitrogens with one attached hydrogen (secondary N) is 2. The van der Waals surface area contributed by atoms with Crippen LogP contribution in [0, 0.1) is 5.92 Å². The number of aromatic amines is 1. The molecule has 0 saturated carbocycles. The zero-order chi connectivity index (χ0) is 22.3. The Morgan fingerprint density at radius 1 is 1.21 bits per heavy atom. The molecule has 8 heteroatoms. The van der Waals surface area contributed by atoms with E-state index in [4.69, 9.17) is 4.74 Å². The molecule has 3 aromatic rings. The lowest BCUT2D eigenvalue weighted by Crippen LogP contribution is -2.41. The number of ether oxygens (including phenoxy) is 1. The largest absolute Gasteiger partial charge is 0.495 e. The number of methoxy groups -OCH3 is 1. The van der Waals surface area contributed by atoms with Crippen LogP contribution in [0.4, 0.5) is 5.69 Å². The van der Waals surface area contributed by atoms with Crippen LogP contribution in [0.3, 0.4) is 0 Å². The number of anilines is 1. The Bertz CT molecular complexity index is 1040. The van der Waals surface area contributed by atoms with Crippen molar-refractivity contribution >= 4 is 35.6 Å². The van der Waals surface area contributed by atoms with Gasteiger partial charge in [0.15, 0.2) is 5.96 Å². The number of H-pyrrole nitrogens is 1. The van der Waals surface area contributed by atoms with E-state index >= 15 is 0 Å². The van der Waals surface area contributed by atoms with Crippen molar-refractivity contribution in [2.75, 3.05) is 45.7 Å². The molecule has 1 aliphatic rings. The monoisotopic (exact) mass is 560 g/mol. The smallest absolute Gasteiger partial charge is 0.193 e. The van der Waals surface area contributed by atoms with Crippen molar-refractivity contribution in [3.8, 4) is 17.0 Å². The van der Waals surface area contributed by atoms with Crippen molar-refractivity contribution in [3.05, 3.63) is 66.6 Å². The number of rotatable bonds is 7. The first kappa shape index (κ1) is 24.9. The molecule has 0 amide bonds. The summed E-state index contributed by atoms with van der Waals surface area (Å²) in [5.41, 5.74) is 3.34. The summed E-state index contributed by atoms with van der Waals surface area (Å²) in [6.07, 6.45) is 3.03. The van der Waals surface area contributed by atoms with E-state index in [0.717, 1.165) is 54.8 Å². The molecule has 1 atom stereocenters. The summed E-state index contributed by atoms with van der Waals surface area (Å²) in [4.78, 5) is 16.9. The summed E-state index contributed by atoms with van der Waals surface area (Å²) in [6.45, 7) is 3.59. The van der Waals surface area contributed by atoms with Gasteiger partial charge < -0.3 is 24.8 Å². The van der Waals surface area contributed by atoms with E-state index in [-0.39, 0.29) is 24.0 Å². The SMILES string of the molecule is CN=C(NCC1CCN(c2ccccc2OC)C1)N(C)Cc1ncc(-c2ccccc2)[nH]1.I. The average molecular weight is 560 g/mol. The van der Waals surface area contributed by atoms with Crippen LogP contribution in [0.5, 0.6) is 5.75 Å². The minimum Gasteiger partial charge on any atom is -0.495 e. The van der Waals surface area contributed by atoms with Crippen LogP contribution in [0.15, 0.2) is 65.8 Å². The van der Waals surface area contributed by atoms with E-state index in [1.54, 1.807) is 7.11 Å². The molecule has 0 bridgehead atoms. The molecule has 7 nitrogen and oxygen atoms in total. The van der Waals surface area contributed by atoms with E-state index in [1.807, 2.05) is 50.6 Å². The summed E-state index contributed by atoms with van der Waals surface area (Å²) in [7, 11) is 5.59. The molecule has 2 heterocycles. The summed E-state index contributed by atoms with van der Waals surface area (Å²) in [5, 5.41) is 3.55. The molecule has 33 heavy (non-hydrogen) atoms. The molecule has 0 spiro atoms. The maximum Gasteiger partial charge on any atom is 0.193 e. The third kappa shape index (κ3) is 6.19. The highest BCUT2D eigenvalue weighted by Crippen LogP contribution is 2.31. The van der Waals surface area contributed by atoms with Crippen LogP contribution in [-0.2, 0) is 6.54 Å². The number of imidazole rings is 1. The quantitative estimate of drug-likeness (QED) is 0.257. The second-order valence-corrected chi connectivity index (χ2v) is 8.17. The number of hydrogen-bond acceptors (Lipinski definition) is 4. The highest BCUT2D eigenvalue weighted by molar-refractivity contribution is 14.0. The molecule has 1 unspecified atom stereocenters. The number of benzene rings is 2. The lowest BCUT2D eigenvalue weighted by atomic mass is 10.1. The van der Waals surface area contributed by atoms with Gasteiger partial charge in [0.05, 0.1) is 31.2 Å². The molecule has 1 aromatic heterocycles. The number of aromatic nitrogens is 2. The summed E-state index contributed by atoms with van der Waals surface area (Å²) in [5.74, 6) is 3.28. The first-order valence-electron chi connectivity index (χ1n) is 11.1. The Kier molecular flexibility index (Phi) is 8.99. The number of nitrogens with zero attached hydrogens (tertiary/aromatic N) is 4. The fraction of sp³-hybridized carbons (Fsp3) is 0.360. The average Bonchev–Trinajstić information content (AvgIpc) is 3.50. The fourth-order valence-corrected chi connectivity index (χ4v) is 4.24. The number of guanidine groups is 1. The number of hydrogen-bond donors (Lipinski definition) is 2. The fourth-order valence-electron chi connectivity index (χ4n) is 4.24. The Hall–Kier alpha value is -2.75. The van der Waals surface area contributed by atoms with Gasteiger partial charge in [-0.05, 0) is 30.0 Å². The molecule has 0 aliphatic carbocycles. The Balaban J connectivity index is 0.00000306. The van der Waals surface area contributed by atoms with Gasteiger partial charge in [-0.1, -0.05) is 42.5 Å². The zero-order valence-electron chi connectivity index (χ0n) is 19.5. The minimum absolute atomic E-state index is 0. The molecular weight excluding hydrogens is 527 g/mol. The van der Waals surface area contributed by atoms with Gasteiger partial charge in [0, 0.05) is 33.7 Å². The number of para-hydroxylation sites is 2. The Labute approximate surface area is 213 Å². The highest BCUT2D eigenvalue weighted by atomic mass is 127. The summed E-state index contributed by atoms with van der Waals surface area (Å²) >= 11 is 0. The van der Waals surface area contributed by atoms with Crippen molar-refractivity contribution in [2.45, 2.75) is 13.0 Å². The second kappa shape index (κ2) is 11.9. The van der Waals surface area contributed by atoms with Crippen molar-refractivity contribution < 1.29 is 4.74 Å². The van der Waals surface area contributed by atoms with Crippen molar-refractivity contribution in [1.82, 2.24) is 20.2 Å². The maximum absolute atomic E-state index is 5.53. The van der Waals surface area contributed by atoms with Crippen LogP contribution in [0.1, 0.15) is 12.2 Å². The number of halogens is 1. The van der Waals surface area contributed by atoms with Crippen LogP contribution in [0.2, 0.25) is 0 Å². The third-order valence-corrected chi connectivity index (χ3v) is 5.93. The molecule has 0 radical (unpaired) electrons. The third-order valence-electron chi connectivity index (χ3n) is 5.93. The van der Waals surface area contributed by atoms with Crippen LogP contribution < -0.4 is 15.0 Å². The maximum atomic E-state index is 5.53. The van der Waals surface area contributed by atoms with Crippen molar-refractivity contribution in [2.24, 2.45) is 10.9 Å². The van der Waals surface area contributed by atoms with Gasteiger partial charge in [0.2, 0.25) is 0 Å². The predicted octanol–water partition coefficient (Wildman–Crippen LogP) is 4.24. The molecule has 2 N–H and O–H groups in total. The van der Waals surface area contributed by atoms with Crippen LogP contribution in [-0.4, -0.2) is 61.7 Å². The molecule has 4 rings (SSSR count). The molecule has 176 valence electrons. The molecular formula is C25H33IN6O. The Morgan fingerprint density at radius 2 is 1.97 bits per heavy atom. The van der Waals surface area contributed by atoms with E-state index in [1.165, 1.54) is 5.69 Å². The van der Waals surface area contributed by atoms with E-state index in [2.05, 4.69) is 54.3 Å². The number of aliphatic imine (C=N–C) groups is 1. The first-order chi connectivity index (χ1) is 15.7. The summed E-state index contributed by atoms with van der Waals surface area (Å²) < 4.78 is 5.53. The van der Waals surface area contributed by atoms with Crippen LogP contribution >= 0.6 is 24.0 Å². The molecule has 1 saturated heterocycles. The molecule has 1 aliphatic heterocycles. The normalized spacial score (nSPS) is 15.8. The van der Waals surface area contributed by atoms with Gasteiger partial charge in [-0.15, -0.1) is 24.0 Å². The minimum atomic E-state index is 0. The highest BCUT2D eigenvalue weighted by Gasteiger charge is 2.25. The van der Waals surface area contributed by atoms with Gasteiger partial charge in [-0.25, -0.2) is 4.98 Å². The van der Waals surface area contributed by atoms with E-state index in [9.17, 15) is 0 Å². The van der Waals surface area contributed by atoms with Gasteiger partial charge >= 0.3 is 0 Å². The van der Waals surface area contributed by atoms with E-state index < -0.39 is 0 Å². The van der Waals surface area contributed by atoms with Crippen LogP contribution in [0.25, 0.3) is 11.3 Å². The molecule has 1 fully saturated rings. The lowest BCUT2D eigenvalue weighted by molar-refractivity contribution is 0.414. The van der Waals surface area contributed by atoms with Gasteiger partial charge in [-0.3, -0.25) is 4.99 Å². The zero-order valence-corrected chi connectivity index (χ0v) is 21.8. The topological polar surface area (TPSA) is 68.8 Å². The van der Waals surface area contributed by atoms with E-state index in [0.29, 0.717) is 12.5 Å². The standard InChI is InChI=1S/C25H32N6O.HI/c1-26-25(30(2)18-24-27-16-21(29-24)20-9-5-4-6-10-20)28-15-19-13-14-31(17-19)22-11-7-8-12-23(22)32-3;/h4-12,16,19H,13-15,17-18H2,1-3H3,(H,26,28)(H,27,29);1H. The second-order valence-electron chi connectivity index (χ2n) is 8.17. The van der Waals surface area contributed by atoms with Gasteiger partial charge in [0.1, 0.15) is 11.6 Å². The van der Waals surface area contributed by atoms with Gasteiger partial charge in [-0.2, -0.15) is 0 Å².